The van der Waals surface area contributed by atoms with Crippen molar-refractivity contribution in [2.75, 3.05) is 38.8 Å². The van der Waals surface area contributed by atoms with E-state index >= 15 is 0 Å². The molecule has 2 aliphatic heterocycles. The van der Waals surface area contributed by atoms with Crippen LogP contribution < -0.4 is 14.8 Å². The van der Waals surface area contributed by atoms with E-state index in [1.165, 1.54) is 4.90 Å². The Bertz CT molecular complexity index is 871. The summed E-state index contributed by atoms with van der Waals surface area (Å²) >= 11 is 0. The molecule has 2 atom stereocenters. The van der Waals surface area contributed by atoms with Crippen molar-refractivity contribution < 1.29 is 32.2 Å². The number of urea groups is 1. The van der Waals surface area contributed by atoms with E-state index in [2.05, 4.69) is 10.0 Å². The topological polar surface area (TPSA) is 123 Å². The number of carbonyl (C=O) groups excluding carboxylic acids is 2. The van der Waals surface area contributed by atoms with Crippen LogP contribution in [-0.2, 0) is 24.3 Å². The number of carbonyl (C=O) groups is 2. The second-order valence-electron chi connectivity index (χ2n) is 7.59. The average Bonchev–Trinajstić information content (AvgIpc) is 3.22. The molecule has 0 spiro atoms. The molecule has 2 fully saturated rings. The first-order valence-corrected chi connectivity index (χ1v) is 12.0. The molecule has 2 heterocycles. The van der Waals surface area contributed by atoms with Crippen molar-refractivity contribution in [3.05, 3.63) is 29.8 Å². The Hall–Kier alpha value is -2.21. The van der Waals surface area contributed by atoms with Crippen LogP contribution in [-0.4, -0.2) is 70.2 Å². The molecule has 11 heteroatoms. The van der Waals surface area contributed by atoms with E-state index in [4.69, 9.17) is 14.2 Å². The van der Waals surface area contributed by atoms with Crippen LogP contribution in [0.2, 0.25) is 0 Å². The SMILES string of the molecule is C[C@@H](NS(=O)(=O)CCCOCN1CCC(=O)NC1=O)c1cccc(OC2CCOC2)c1. The number of nitrogens with one attached hydrogen (secondary N) is 2. The number of rotatable bonds is 11. The average molecular weight is 456 g/mol. The number of benzene rings is 1. The molecule has 0 bridgehead atoms. The monoisotopic (exact) mass is 455 g/mol. The zero-order valence-electron chi connectivity index (χ0n) is 17.5. The molecule has 0 aromatic heterocycles. The molecule has 10 nitrogen and oxygen atoms in total. The largest absolute Gasteiger partial charge is 0.488 e. The van der Waals surface area contributed by atoms with E-state index in [0.717, 1.165) is 12.0 Å². The Labute approximate surface area is 182 Å². The van der Waals surface area contributed by atoms with Crippen molar-refractivity contribution in [3.63, 3.8) is 0 Å². The molecule has 3 rings (SSSR count). The second-order valence-corrected chi connectivity index (χ2v) is 9.47. The molecule has 2 aliphatic rings. The van der Waals surface area contributed by atoms with Gasteiger partial charge in [0.1, 0.15) is 18.6 Å². The number of amides is 3. The van der Waals surface area contributed by atoms with Gasteiger partial charge < -0.3 is 19.1 Å². The second kappa shape index (κ2) is 10.9. The lowest BCUT2D eigenvalue weighted by atomic mass is 10.1. The highest BCUT2D eigenvalue weighted by Crippen LogP contribution is 2.22. The van der Waals surface area contributed by atoms with Crippen LogP contribution in [0.4, 0.5) is 4.79 Å². The molecular weight excluding hydrogens is 426 g/mol. The minimum absolute atomic E-state index is 0.0157. The number of imide groups is 1. The Morgan fingerprint density at radius 2 is 2.19 bits per heavy atom. The lowest BCUT2D eigenvalue weighted by Gasteiger charge is -2.26. The maximum atomic E-state index is 12.4. The normalized spacial score (nSPS) is 20.5. The van der Waals surface area contributed by atoms with Crippen LogP contribution in [0, 0.1) is 0 Å². The highest BCUT2D eigenvalue weighted by Gasteiger charge is 2.23. The molecule has 0 radical (unpaired) electrons. The van der Waals surface area contributed by atoms with Crippen LogP contribution in [0.15, 0.2) is 24.3 Å². The van der Waals surface area contributed by atoms with Crippen molar-refractivity contribution >= 4 is 22.0 Å². The number of sulfonamides is 1. The first-order valence-electron chi connectivity index (χ1n) is 10.3. The van der Waals surface area contributed by atoms with Gasteiger partial charge in [-0.25, -0.2) is 17.9 Å². The lowest BCUT2D eigenvalue weighted by Crippen LogP contribution is -2.50. The number of hydrogen-bond donors (Lipinski definition) is 2. The fraction of sp³-hybridized carbons (Fsp3) is 0.600. The van der Waals surface area contributed by atoms with Gasteiger partial charge in [0.2, 0.25) is 15.9 Å². The van der Waals surface area contributed by atoms with Gasteiger partial charge in [0.25, 0.3) is 0 Å². The number of ether oxygens (including phenoxy) is 3. The van der Waals surface area contributed by atoms with Gasteiger partial charge in [-0.05, 0) is 31.0 Å². The number of nitrogens with zero attached hydrogens (tertiary/aromatic N) is 1. The predicted molar refractivity (Wildman–Crippen MR) is 112 cm³/mol. The van der Waals surface area contributed by atoms with Crippen molar-refractivity contribution in [2.45, 2.75) is 38.3 Å². The quantitative estimate of drug-likeness (QED) is 0.480. The van der Waals surface area contributed by atoms with E-state index in [-0.39, 0.29) is 43.9 Å². The van der Waals surface area contributed by atoms with E-state index in [9.17, 15) is 18.0 Å². The Morgan fingerprint density at radius 3 is 2.94 bits per heavy atom. The van der Waals surface area contributed by atoms with Crippen molar-refractivity contribution in [3.8, 4) is 5.75 Å². The predicted octanol–water partition coefficient (Wildman–Crippen LogP) is 1.14. The van der Waals surface area contributed by atoms with E-state index in [1.807, 2.05) is 24.3 Å². The highest BCUT2D eigenvalue weighted by atomic mass is 32.2. The third kappa shape index (κ3) is 7.46. The van der Waals surface area contributed by atoms with Crippen LogP contribution in [0.3, 0.4) is 0 Å². The summed E-state index contributed by atoms with van der Waals surface area (Å²) in [6, 6.07) is 6.46. The molecule has 0 saturated carbocycles. The molecular formula is C20H29N3O7S. The third-order valence-electron chi connectivity index (χ3n) is 5.00. The minimum Gasteiger partial charge on any atom is -0.488 e. The summed E-state index contributed by atoms with van der Waals surface area (Å²) in [4.78, 5) is 24.1. The molecule has 3 amide bonds. The molecule has 2 N–H and O–H groups in total. The van der Waals surface area contributed by atoms with Gasteiger partial charge in [-0.2, -0.15) is 0 Å². The molecule has 0 aliphatic carbocycles. The summed E-state index contributed by atoms with van der Waals surface area (Å²) < 4.78 is 44.0. The fourth-order valence-corrected chi connectivity index (χ4v) is 4.59. The third-order valence-corrected chi connectivity index (χ3v) is 6.54. The van der Waals surface area contributed by atoms with Gasteiger partial charge in [-0.1, -0.05) is 12.1 Å². The Kier molecular flexibility index (Phi) is 8.24. The van der Waals surface area contributed by atoms with Crippen molar-refractivity contribution in [1.29, 1.82) is 0 Å². The zero-order chi connectivity index (χ0) is 22.3. The van der Waals surface area contributed by atoms with Gasteiger partial charge in [-0.3, -0.25) is 10.1 Å². The maximum Gasteiger partial charge on any atom is 0.325 e. The standard InChI is InChI=1S/C20H29N3O7S/c1-15(16-4-2-5-17(12-16)30-18-7-10-28-13-18)22-31(26,27)11-3-9-29-14-23-8-6-19(24)21-20(23)25/h2,4-5,12,15,18,22H,3,6-11,13-14H2,1H3,(H,21,24,25)/t15-,18?/m1/s1. The van der Waals surface area contributed by atoms with Crippen LogP contribution in [0.1, 0.15) is 37.8 Å². The van der Waals surface area contributed by atoms with Crippen LogP contribution in [0.5, 0.6) is 5.75 Å². The first-order chi connectivity index (χ1) is 14.8. The van der Waals surface area contributed by atoms with Gasteiger partial charge >= 0.3 is 6.03 Å². The molecule has 1 aromatic carbocycles. The smallest absolute Gasteiger partial charge is 0.325 e. The molecule has 172 valence electrons. The highest BCUT2D eigenvalue weighted by molar-refractivity contribution is 7.89. The van der Waals surface area contributed by atoms with Gasteiger partial charge in [-0.15, -0.1) is 0 Å². The van der Waals surface area contributed by atoms with Gasteiger partial charge in [0.05, 0.1) is 19.0 Å². The van der Waals surface area contributed by atoms with Gasteiger partial charge in [0.15, 0.2) is 0 Å². The molecule has 31 heavy (non-hydrogen) atoms. The van der Waals surface area contributed by atoms with E-state index in [1.54, 1.807) is 6.92 Å². The number of hydrogen-bond acceptors (Lipinski definition) is 7. The lowest BCUT2D eigenvalue weighted by molar-refractivity contribution is -0.122. The van der Waals surface area contributed by atoms with Crippen LogP contribution >= 0.6 is 0 Å². The summed E-state index contributed by atoms with van der Waals surface area (Å²) in [5, 5.41) is 2.20. The summed E-state index contributed by atoms with van der Waals surface area (Å²) in [7, 11) is -3.52. The molecule has 1 unspecified atom stereocenters. The maximum absolute atomic E-state index is 12.4. The van der Waals surface area contributed by atoms with Crippen molar-refractivity contribution in [2.24, 2.45) is 0 Å². The Balaban J connectivity index is 1.39. The molecule has 1 aromatic rings. The van der Waals surface area contributed by atoms with Crippen LogP contribution in [0.25, 0.3) is 0 Å². The summed E-state index contributed by atoms with van der Waals surface area (Å²) in [6.45, 7) is 3.52. The zero-order valence-corrected chi connectivity index (χ0v) is 18.4. The van der Waals surface area contributed by atoms with E-state index in [0.29, 0.717) is 25.5 Å². The van der Waals surface area contributed by atoms with E-state index < -0.39 is 22.1 Å². The first kappa shape index (κ1) is 23.5. The Morgan fingerprint density at radius 1 is 1.35 bits per heavy atom. The molecule has 2 saturated heterocycles. The van der Waals surface area contributed by atoms with Crippen molar-refractivity contribution in [1.82, 2.24) is 14.9 Å². The fourth-order valence-electron chi connectivity index (χ4n) is 3.30. The van der Waals surface area contributed by atoms with Gasteiger partial charge in [0, 0.05) is 32.0 Å². The minimum atomic E-state index is -3.52. The summed E-state index contributed by atoms with van der Waals surface area (Å²) in [5.41, 5.74) is 0.807. The summed E-state index contributed by atoms with van der Waals surface area (Å²) in [6.07, 6.45) is 1.38. The summed E-state index contributed by atoms with van der Waals surface area (Å²) in [5.74, 6) is 0.283.